The highest BCUT2D eigenvalue weighted by Gasteiger charge is 2.23. The molecule has 3 heterocycles. The predicted molar refractivity (Wildman–Crippen MR) is 115 cm³/mol. The molecule has 11 heteroatoms. The third kappa shape index (κ3) is 4.69. The quantitative estimate of drug-likeness (QED) is 0.319. The number of nitro benzene ring substituents is 1. The molecule has 1 unspecified atom stereocenters. The van der Waals surface area contributed by atoms with Crippen LogP contribution in [0.2, 0.25) is 0 Å². The molecular weight excluding hydrogens is 426 g/mol. The average molecular weight is 446 g/mol. The number of hydrogen-bond donors (Lipinski definition) is 1. The lowest BCUT2D eigenvalue weighted by Crippen LogP contribution is -2.18. The standard InChI is InChI=1S/C19H19N5O4S2/c25-17(20-14-6-1-2-7-15(14)24(26)27)12-30-19-22-21-18(16-8-4-10-29-16)23(19)11-13-5-3-9-28-13/h1-2,4,6-8,10,13H,3,5,9,11-12H2,(H,20,25). The number of anilines is 1. The highest BCUT2D eigenvalue weighted by molar-refractivity contribution is 7.99. The molecule has 1 aromatic carbocycles. The SMILES string of the molecule is O=C(CSc1nnc(-c2cccs2)n1CC1CCCO1)Nc1ccccc1[N+](=O)[O-]. The number of benzene rings is 1. The summed E-state index contributed by atoms with van der Waals surface area (Å²) in [5, 5.41) is 24.9. The summed E-state index contributed by atoms with van der Waals surface area (Å²) >= 11 is 2.82. The summed E-state index contributed by atoms with van der Waals surface area (Å²) in [7, 11) is 0. The molecule has 156 valence electrons. The molecule has 0 saturated carbocycles. The lowest BCUT2D eigenvalue weighted by molar-refractivity contribution is -0.383. The summed E-state index contributed by atoms with van der Waals surface area (Å²) in [6.07, 6.45) is 2.10. The van der Waals surface area contributed by atoms with Gasteiger partial charge in [0.05, 0.1) is 28.2 Å². The normalized spacial score (nSPS) is 15.9. The maximum atomic E-state index is 12.4. The van der Waals surface area contributed by atoms with Crippen LogP contribution < -0.4 is 5.32 Å². The second kappa shape index (κ2) is 9.37. The number of thiophene rings is 1. The fourth-order valence-corrected chi connectivity index (χ4v) is 4.66. The van der Waals surface area contributed by atoms with Gasteiger partial charge in [0.1, 0.15) is 5.69 Å². The van der Waals surface area contributed by atoms with Crippen molar-refractivity contribution in [3.63, 3.8) is 0 Å². The van der Waals surface area contributed by atoms with Crippen molar-refractivity contribution in [1.82, 2.24) is 14.8 Å². The summed E-state index contributed by atoms with van der Waals surface area (Å²) in [5.74, 6) is 0.459. The molecule has 1 saturated heterocycles. The van der Waals surface area contributed by atoms with Crippen LogP contribution in [-0.2, 0) is 16.1 Å². The molecule has 0 radical (unpaired) electrons. The summed E-state index contributed by atoms with van der Waals surface area (Å²) < 4.78 is 7.76. The van der Waals surface area contributed by atoms with E-state index >= 15 is 0 Å². The van der Waals surface area contributed by atoms with Gasteiger partial charge >= 0.3 is 0 Å². The zero-order chi connectivity index (χ0) is 20.9. The highest BCUT2D eigenvalue weighted by Crippen LogP contribution is 2.29. The van der Waals surface area contributed by atoms with Gasteiger partial charge in [0.2, 0.25) is 5.91 Å². The Morgan fingerprint density at radius 1 is 1.33 bits per heavy atom. The smallest absolute Gasteiger partial charge is 0.292 e. The number of para-hydroxylation sites is 2. The fourth-order valence-electron chi connectivity index (χ4n) is 3.20. The molecule has 0 aliphatic carbocycles. The number of hydrogen-bond acceptors (Lipinski definition) is 8. The van der Waals surface area contributed by atoms with Crippen molar-refractivity contribution in [2.45, 2.75) is 30.6 Å². The maximum absolute atomic E-state index is 12.4. The monoisotopic (exact) mass is 445 g/mol. The molecule has 9 nitrogen and oxygen atoms in total. The van der Waals surface area contributed by atoms with Crippen molar-refractivity contribution in [2.24, 2.45) is 0 Å². The van der Waals surface area contributed by atoms with Crippen molar-refractivity contribution in [2.75, 3.05) is 17.7 Å². The van der Waals surface area contributed by atoms with E-state index in [1.165, 1.54) is 23.9 Å². The van der Waals surface area contributed by atoms with Crippen molar-refractivity contribution < 1.29 is 14.5 Å². The Morgan fingerprint density at radius 2 is 2.20 bits per heavy atom. The predicted octanol–water partition coefficient (Wildman–Crippen LogP) is 3.82. The van der Waals surface area contributed by atoms with E-state index in [4.69, 9.17) is 4.74 Å². The van der Waals surface area contributed by atoms with Crippen LogP contribution in [-0.4, -0.2) is 44.1 Å². The Hall–Kier alpha value is -2.76. The lowest BCUT2D eigenvalue weighted by Gasteiger charge is -2.14. The molecule has 1 fully saturated rings. The molecule has 0 spiro atoms. The number of nitrogens with zero attached hydrogens (tertiary/aromatic N) is 4. The average Bonchev–Trinajstić information content (AvgIpc) is 3.49. The van der Waals surface area contributed by atoms with Gasteiger partial charge in [-0.2, -0.15) is 0 Å². The molecule has 30 heavy (non-hydrogen) atoms. The van der Waals surface area contributed by atoms with Crippen LogP contribution in [0.25, 0.3) is 10.7 Å². The summed E-state index contributed by atoms with van der Waals surface area (Å²) in [5.41, 5.74) is 0.0329. The van der Waals surface area contributed by atoms with E-state index < -0.39 is 4.92 Å². The summed E-state index contributed by atoms with van der Waals surface area (Å²) in [6, 6.07) is 10.0. The number of ether oxygens (including phenoxy) is 1. The Labute approximate surface area is 180 Å². The first-order valence-electron chi connectivity index (χ1n) is 9.36. The van der Waals surface area contributed by atoms with E-state index in [2.05, 4.69) is 15.5 Å². The number of aromatic nitrogens is 3. The second-order valence-corrected chi connectivity index (χ2v) is 8.53. The molecule has 1 aliphatic rings. The zero-order valence-electron chi connectivity index (χ0n) is 15.9. The lowest BCUT2D eigenvalue weighted by atomic mass is 10.2. The van der Waals surface area contributed by atoms with E-state index in [9.17, 15) is 14.9 Å². The van der Waals surface area contributed by atoms with E-state index in [1.807, 2.05) is 22.1 Å². The molecular formula is C19H19N5O4S2. The van der Waals surface area contributed by atoms with Gasteiger partial charge in [-0.1, -0.05) is 30.0 Å². The van der Waals surface area contributed by atoms with Gasteiger partial charge < -0.3 is 10.1 Å². The van der Waals surface area contributed by atoms with Crippen molar-refractivity contribution in [3.05, 3.63) is 51.9 Å². The van der Waals surface area contributed by atoms with Crippen LogP contribution >= 0.6 is 23.1 Å². The Bertz CT molecular complexity index is 1030. The minimum absolute atomic E-state index is 0.0557. The first-order valence-corrected chi connectivity index (χ1v) is 11.2. The van der Waals surface area contributed by atoms with Crippen molar-refractivity contribution in [1.29, 1.82) is 0 Å². The van der Waals surface area contributed by atoms with Crippen LogP contribution in [0.5, 0.6) is 0 Å². The minimum atomic E-state index is -0.520. The fraction of sp³-hybridized carbons (Fsp3) is 0.316. The van der Waals surface area contributed by atoms with E-state index in [0.29, 0.717) is 11.7 Å². The number of carbonyl (C=O) groups is 1. The maximum Gasteiger partial charge on any atom is 0.292 e. The first kappa shape index (κ1) is 20.5. The molecule has 1 aliphatic heterocycles. The van der Waals surface area contributed by atoms with E-state index in [0.717, 1.165) is 30.2 Å². The summed E-state index contributed by atoms with van der Waals surface area (Å²) in [4.78, 5) is 24.0. The van der Waals surface area contributed by atoms with Crippen LogP contribution in [0.4, 0.5) is 11.4 Å². The molecule has 1 N–H and O–H groups in total. The minimum Gasteiger partial charge on any atom is -0.376 e. The number of amides is 1. The highest BCUT2D eigenvalue weighted by atomic mass is 32.2. The van der Waals surface area contributed by atoms with Crippen LogP contribution in [0, 0.1) is 10.1 Å². The van der Waals surface area contributed by atoms with Crippen molar-refractivity contribution in [3.8, 4) is 10.7 Å². The van der Waals surface area contributed by atoms with Gasteiger partial charge in [0, 0.05) is 12.7 Å². The number of thioether (sulfide) groups is 1. The number of rotatable bonds is 8. The largest absolute Gasteiger partial charge is 0.376 e. The van der Waals surface area contributed by atoms with Gasteiger partial charge in [-0.05, 0) is 30.4 Å². The van der Waals surface area contributed by atoms with Crippen molar-refractivity contribution >= 4 is 40.4 Å². The van der Waals surface area contributed by atoms with Gasteiger partial charge in [-0.3, -0.25) is 19.5 Å². The van der Waals surface area contributed by atoms with Gasteiger partial charge in [0.15, 0.2) is 11.0 Å². The zero-order valence-corrected chi connectivity index (χ0v) is 17.5. The molecule has 1 amide bonds. The van der Waals surface area contributed by atoms with E-state index in [-0.39, 0.29) is 29.1 Å². The Balaban J connectivity index is 1.47. The van der Waals surface area contributed by atoms with Gasteiger partial charge in [0.25, 0.3) is 5.69 Å². The van der Waals surface area contributed by atoms with Gasteiger partial charge in [-0.15, -0.1) is 21.5 Å². The van der Waals surface area contributed by atoms with Crippen LogP contribution in [0.1, 0.15) is 12.8 Å². The molecule has 3 aromatic rings. The second-order valence-electron chi connectivity index (χ2n) is 6.64. The number of carbonyl (C=O) groups excluding carboxylic acids is 1. The third-order valence-electron chi connectivity index (χ3n) is 4.58. The first-order chi connectivity index (χ1) is 14.6. The Kier molecular flexibility index (Phi) is 6.41. The number of nitrogens with one attached hydrogen (secondary N) is 1. The van der Waals surface area contributed by atoms with E-state index in [1.54, 1.807) is 23.5 Å². The van der Waals surface area contributed by atoms with Gasteiger partial charge in [-0.25, -0.2) is 0 Å². The molecule has 4 rings (SSSR count). The third-order valence-corrected chi connectivity index (χ3v) is 6.41. The molecule has 1 atom stereocenters. The van der Waals surface area contributed by atoms with Crippen LogP contribution in [0.15, 0.2) is 46.9 Å². The Morgan fingerprint density at radius 3 is 2.93 bits per heavy atom. The molecule has 2 aromatic heterocycles. The molecule has 0 bridgehead atoms. The van der Waals surface area contributed by atoms with Crippen LogP contribution in [0.3, 0.4) is 0 Å². The topological polar surface area (TPSA) is 112 Å². The number of nitro groups is 1. The summed E-state index contributed by atoms with van der Waals surface area (Å²) in [6.45, 7) is 1.37.